The molecule has 0 radical (unpaired) electrons. The predicted molar refractivity (Wildman–Crippen MR) is 29.8 cm³/mol. The second kappa shape index (κ2) is 1.47. The second-order valence-electron chi connectivity index (χ2n) is 1.45. The van der Waals surface area contributed by atoms with Crippen molar-refractivity contribution in [1.82, 2.24) is 0 Å². The van der Waals surface area contributed by atoms with Gasteiger partial charge in [-0.3, -0.25) is 4.78 Å². The van der Waals surface area contributed by atoms with Gasteiger partial charge in [0.1, 0.15) is 0 Å². The summed E-state index contributed by atoms with van der Waals surface area (Å²) in [7, 11) is -3.01. The highest BCUT2D eigenvalue weighted by Gasteiger charge is 2.12. The van der Waals surface area contributed by atoms with Crippen molar-refractivity contribution in [2.75, 3.05) is 11.5 Å². The molecule has 1 rings (SSSR count). The number of hydrogen-bond donors (Lipinski definition) is 1. The van der Waals surface area contributed by atoms with Crippen LogP contribution in [0.25, 0.3) is 0 Å². The molecule has 0 atom stereocenters. The summed E-state index contributed by atoms with van der Waals surface area (Å²) in [5.74, 6) is -0.958. The standard InChI is InChI=1S/C4H9NOS/c5-7(6)3-1-2-4-7/h5H,1-4H2/i1D2,2D2. The van der Waals surface area contributed by atoms with Gasteiger partial charge in [0.2, 0.25) is 0 Å². The number of rotatable bonds is 0. The molecule has 0 bridgehead atoms. The first-order valence-electron chi connectivity index (χ1n) is 3.91. The van der Waals surface area contributed by atoms with E-state index in [9.17, 15) is 4.21 Å². The molecule has 3 heteroatoms. The van der Waals surface area contributed by atoms with Crippen molar-refractivity contribution in [3.63, 3.8) is 0 Å². The Labute approximate surface area is 49.5 Å². The Bertz CT molecular complexity index is 248. The van der Waals surface area contributed by atoms with Gasteiger partial charge in [0.25, 0.3) is 0 Å². The molecular formula is C4H9NOS. The third-order valence-electron chi connectivity index (χ3n) is 0.736. The Balaban J connectivity index is 3.08. The highest BCUT2D eigenvalue weighted by atomic mass is 32.2. The van der Waals surface area contributed by atoms with E-state index in [2.05, 4.69) is 0 Å². The van der Waals surface area contributed by atoms with Crippen LogP contribution < -0.4 is 0 Å². The summed E-state index contributed by atoms with van der Waals surface area (Å²) in [6.07, 6.45) is -4.21. The molecular weight excluding hydrogens is 110 g/mol. The third-order valence-corrected chi connectivity index (χ3v) is 1.96. The van der Waals surface area contributed by atoms with Gasteiger partial charge in [0, 0.05) is 26.7 Å². The molecule has 2 nitrogen and oxygen atoms in total. The number of nitrogens with one attached hydrogen (secondary N) is 1. The van der Waals surface area contributed by atoms with E-state index in [1.54, 1.807) is 0 Å². The fourth-order valence-corrected chi connectivity index (χ4v) is 1.16. The summed E-state index contributed by atoms with van der Waals surface area (Å²) in [6.45, 7) is 0. The van der Waals surface area contributed by atoms with Gasteiger partial charge < -0.3 is 0 Å². The van der Waals surface area contributed by atoms with Crippen molar-refractivity contribution in [3.05, 3.63) is 0 Å². The molecule has 7 heavy (non-hydrogen) atoms. The summed E-state index contributed by atoms with van der Waals surface area (Å²) in [5.41, 5.74) is 0. The van der Waals surface area contributed by atoms with E-state index in [0.29, 0.717) is 0 Å². The van der Waals surface area contributed by atoms with Crippen molar-refractivity contribution >= 4 is 9.73 Å². The maximum atomic E-state index is 11.0. The van der Waals surface area contributed by atoms with Crippen molar-refractivity contribution in [2.24, 2.45) is 0 Å². The van der Waals surface area contributed by atoms with Crippen LogP contribution in [0.4, 0.5) is 0 Å². The molecule has 0 amide bonds. The molecule has 1 aliphatic rings. The minimum Gasteiger partial charge on any atom is -0.253 e. The van der Waals surface area contributed by atoms with Gasteiger partial charge in [-0.25, -0.2) is 4.21 Å². The van der Waals surface area contributed by atoms with Crippen LogP contribution in [0.1, 0.15) is 18.2 Å². The Kier molecular flexibility index (Phi) is 0.432. The topological polar surface area (TPSA) is 40.9 Å². The quantitative estimate of drug-likeness (QED) is 0.509. The van der Waals surface area contributed by atoms with Crippen LogP contribution in [0.3, 0.4) is 0 Å². The zero-order chi connectivity index (χ0) is 8.91. The van der Waals surface area contributed by atoms with Crippen LogP contribution in [0, 0.1) is 4.78 Å². The lowest BCUT2D eigenvalue weighted by atomic mass is 10.4. The maximum absolute atomic E-state index is 11.0. The summed E-state index contributed by atoms with van der Waals surface area (Å²) in [4.78, 5) is 0. The monoisotopic (exact) mass is 123 g/mol. The van der Waals surface area contributed by atoms with Crippen molar-refractivity contribution in [1.29, 1.82) is 4.78 Å². The summed E-state index contributed by atoms with van der Waals surface area (Å²) in [5, 5.41) is 0. The normalized spacial score (nSPS) is 50.9. The molecule has 1 heterocycles. The van der Waals surface area contributed by atoms with Gasteiger partial charge in [-0.1, -0.05) is 0 Å². The third kappa shape index (κ3) is 1.16. The molecule has 1 fully saturated rings. The molecule has 1 saturated heterocycles. The van der Waals surface area contributed by atoms with Crippen LogP contribution >= 0.6 is 0 Å². The second-order valence-corrected chi connectivity index (χ2v) is 3.66. The molecule has 0 aromatic carbocycles. The Morgan fingerprint density at radius 1 is 1.57 bits per heavy atom. The summed E-state index contributed by atoms with van der Waals surface area (Å²) in [6, 6.07) is 0. The van der Waals surface area contributed by atoms with Crippen LogP contribution in [0.5, 0.6) is 0 Å². The summed E-state index contributed by atoms with van der Waals surface area (Å²) < 4.78 is 46.6. The van der Waals surface area contributed by atoms with E-state index in [4.69, 9.17) is 10.3 Å². The van der Waals surface area contributed by atoms with Gasteiger partial charge in [0.15, 0.2) is 0 Å². The van der Waals surface area contributed by atoms with E-state index >= 15 is 0 Å². The first kappa shape index (κ1) is 2.05. The molecule has 1 N–H and O–H groups in total. The predicted octanol–water partition coefficient (Wildman–Crippen LogP) is 0.827. The average molecular weight is 123 g/mol. The Morgan fingerprint density at radius 3 is 2.14 bits per heavy atom. The van der Waals surface area contributed by atoms with Crippen molar-refractivity contribution in [3.8, 4) is 0 Å². The smallest absolute Gasteiger partial charge is 0.0441 e. The number of hydrogen-bond acceptors (Lipinski definition) is 2. The Hall–Kier alpha value is -0.0500. The van der Waals surface area contributed by atoms with Gasteiger partial charge in [-0.15, -0.1) is 0 Å². The molecule has 0 unspecified atom stereocenters. The van der Waals surface area contributed by atoms with Crippen LogP contribution in [0.2, 0.25) is 0 Å². The molecule has 0 spiro atoms. The van der Waals surface area contributed by atoms with Crippen molar-refractivity contribution < 1.29 is 9.69 Å². The fourth-order valence-electron chi connectivity index (χ4n) is 0.386. The summed E-state index contributed by atoms with van der Waals surface area (Å²) >= 11 is 0. The highest BCUT2D eigenvalue weighted by molar-refractivity contribution is 7.92. The molecule has 0 aliphatic carbocycles. The molecule has 0 saturated carbocycles. The van der Waals surface area contributed by atoms with Crippen molar-refractivity contribution in [2.45, 2.75) is 12.7 Å². The molecule has 1 aliphatic heterocycles. The zero-order valence-corrected chi connectivity index (χ0v) is 4.55. The lowest BCUT2D eigenvalue weighted by Crippen LogP contribution is -1.95. The Morgan fingerprint density at radius 2 is 2.00 bits per heavy atom. The maximum Gasteiger partial charge on any atom is 0.0441 e. The van der Waals surface area contributed by atoms with Gasteiger partial charge in [-0.05, 0) is 12.7 Å². The van der Waals surface area contributed by atoms with Gasteiger partial charge in [-0.2, -0.15) is 0 Å². The van der Waals surface area contributed by atoms with Gasteiger partial charge in [0.05, 0.1) is 0 Å². The fraction of sp³-hybridized carbons (Fsp3) is 1.00. The van der Waals surface area contributed by atoms with E-state index in [1.807, 2.05) is 0 Å². The van der Waals surface area contributed by atoms with Gasteiger partial charge >= 0.3 is 0 Å². The lowest BCUT2D eigenvalue weighted by molar-refractivity contribution is 0.679. The lowest BCUT2D eigenvalue weighted by Gasteiger charge is -1.87. The zero-order valence-electron chi connectivity index (χ0n) is 7.73. The molecule has 42 valence electrons. The molecule has 0 aromatic heterocycles. The SMILES string of the molecule is [2H]C1([2H])CS(=N)(=O)CC1([2H])[2H]. The highest BCUT2D eigenvalue weighted by Crippen LogP contribution is 2.09. The van der Waals surface area contributed by atoms with E-state index < -0.39 is 34.0 Å². The first-order valence-corrected chi connectivity index (χ1v) is 3.80. The minimum absolute atomic E-state index is 0.479. The van der Waals surface area contributed by atoms with E-state index in [1.165, 1.54) is 0 Å². The minimum atomic E-state index is -3.01. The van der Waals surface area contributed by atoms with E-state index in [0.717, 1.165) is 0 Å². The molecule has 0 aromatic rings. The average Bonchev–Trinajstić information content (AvgIpc) is 1.66. The van der Waals surface area contributed by atoms with Crippen LogP contribution in [0.15, 0.2) is 0 Å². The largest absolute Gasteiger partial charge is 0.253 e. The van der Waals surface area contributed by atoms with Crippen LogP contribution in [-0.4, -0.2) is 15.7 Å². The van der Waals surface area contributed by atoms with E-state index in [-0.39, 0.29) is 0 Å². The van der Waals surface area contributed by atoms with Crippen LogP contribution in [-0.2, 0) is 9.73 Å². The first-order chi connectivity index (χ1) is 4.66.